The summed E-state index contributed by atoms with van der Waals surface area (Å²) in [6.45, 7) is 2.32. The molecule has 0 fully saturated rings. The fourth-order valence-corrected chi connectivity index (χ4v) is 1.23. The molecular formula is C11H14ClNO. The predicted octanol–water partition coefficient (Wildman–Crippen LogP) is 2.36. The van der Waals surface area contributed by atoms with E-state index < -0.39 is 0 Å². The number of hydrogen-bond acceptors (Lipinski definition) is 1. The van der Waals surface area contributed by atoms with Crippen LogP contribution in [-0.4, -0.2) is 24.4 Å². The van der Waals surface area contributed by atoms with Crippen molar-refractivity contribution in [2.45, 2.75) is 13.3 Å². The minimum atomic E-state index is 0.0963. The summed E-state index contributed by atoms with van der Waals surface area (Å²) in [5, 5.41) is 0.744. The van der Waals surface area contributed by atoms with E-state index in [9.17, 15) is 4.79 Å². The third kappa shape index (κ3) is 3.38. The fraction of sp³-hybridized carbons (Fsp3) is 0.364. The number of amides is 1. The Kier molecular flexibility index (Phi) is 3.96. The zero-order valence-electron chi connectivity index (χ0n) is 8.46. The maximum Gasteiger partial charge on any atom is 0.219 e. The molecule has 0 unspecified atom stereocenters. The number of hydrogen-bond donors (Lipinski definition) is 0. The van der Waals surface area contributed by atoms with E-state index in [1.54, 1.807) is 18.9 Å². The highest BCUT2D eigenvalue weighted by Gasteiger charge is 2.01. The summed E-state index contributed by atoms with van der Waals surface area (Å²) in [5.74, 6) is 0.0963. The normalized spacial score (nSPS) is 9.93. The number of nitrogens with zero attached hydrogens (tertiary/aromatic N) is 1. The van der Waals surface area contributed by atoms with Crippen molar-refractivity contribution in [3.05, 3.63) is 34.9 Å². The van der Waals surface area contributed by atoms with Gasteiger partial charge in [0, 0.05) is 25.5 Å². The van der Waals surface area contributed by atoms with Gasteiger partial charge in [-0.1, -0.05) is 23.7 Å². The Morgan fingerprint density at radius 3 is 2.43 bits per heavy atom. The highest BCUT2D eigenvalue weighted by atomic mass is 35.5. The van der Waals surface area contributed by atoms with Crippen LogP contribution in [0, 0.1) is 0 Å². The summed E-state index contributed by atoms with van der Waals surface area (Å²) in [6, 6.07) is 7.70. The number of rotatable bonds is 3. The molecule has 0 saturated carbocycles. The second-order valence-electron chi connectivity index (χ2n) is 3.32. The van der Waals surface area contributed by atoms with Gasteiger partial charge in [0.25, 0.3) is 0 Å². The quantitative estimate of drug-likeness (QED) is 0.752. The SMILES string of the molecule is CC(=O)N(C)CCc1ccc(Cl)cc1. The van der Waals surface area contributed by atoms with Crippen LogP contribution in [0.25, 0.3) is 0 Å². The first kappa shape index (κ1) is 11.1. The molecule has 0 radical (unpaired) electrons. The number of carbonyl (C=O) groups is 1. The summed E-state index contributed by atoms with van der Waals surface area (Å²) < 4.78 is 0. The minimum Gasteiger partial charge on any atom is -0.346 e. The maximum atomic E-state index is 10.9. The van der Waals surface area contributed by atoms with Gasteiger partial charge in [0.05, 0.1) is 0 Å². The van der Waals surface area contributed by atoms with Gasteiger partial charge >= 0.3 is 0 Å². The third-order valence-electron chi connectivity index (χ3n) is 2.19. The van der Waals surface area contributed by atoms with Crippen LogP contribution in [0.3, 0.4) is 0 Å². The van der Waals surface area contributed by atoms with E-state index in [0.717, 1.165) is 18.0 Å². The molecule has 14 heavy (non-hydrogen) atoms. The second-order valence-corrected chi connectivity index (χ2v) is 3.75. The number of benzene rings is 1. The lowest BCUT2D eigenvalue weighted by atomic mass is 10.1. The lowest BCUT2D eigenvalue weighted by molar-refractivity contribution is -0.127. The van der Waals surface area contributed by atoms with Gasteiger partial charge in [-0.3, -0.25) is 4.79 Å². The highest BCUT2D eigenvalue weighted by molar-refractivity contribution is 6.30. The summed E-state index contributed by atoms with van der Waals surface area (Å²) >= 11 is 5.76. The van der Waals surface area contributed by atoms with Crippen LogP contribution in [0.2, 0.25) is 5.02 Å². The first-order valence-electron chi connectivity index (χ1n) is 4.56. The second kappa shape index (κ2) is 5.01. The average Bonchev–Trinajstić information content (AvgIpc) is 2.16. The molecule has 1 amide bonds. The topological polar surface area (TPSA) is 20.3 Å². The van der Waals surface area contributed by atoms with Crippen molar-refractivity contribution in [3.8, 4) is 0 Å². The van der Waals surface area contributed by atoms with Gasteiger partial charge in [-0.25, -0.2) is 0 Å². The lowest BCUT2D eigenvalue weighted by Gasteiger charge is -2.14. The average molecular weight is 212 g/mol. The van der Waals surface area contributed by atoms with Gasteiger partial charge in [0.2, 0.25) is 5.91 Å². The monoisotopic (exact) mass is 211 g/mol. The molecule has 0 aliphatic carbocycles. The van der Waals surface area contributed by atoms with E-state index >= 15 is 0 Å². The van der Waals surface area contributed by atoms with E-state index in [0.29, 0.717) is 0 Å². The smallest absolute Gasteiger partial charge is 0.219 e. The molecule has 1 aromatic carbocycles. The van der Waals surface area contributed by atoms with Crippen LogP contribution >= 0.6 is 11.6 Å². The van der Waals surface area contributed by atoms with Crippen LogP contribution < -0.4 is 0 Å². The molecule has 0 atom stereocenters. The van der Waals surface area contributed by atoms with Crippen LogP contribution in [0.5, 0.6) is 0 Å². The number of halogens is 1. The first-order chi connectivity index (χ1) is 6.59. The molecule has 0 spiro atoms. The molecule has 1 aromatic rings. The van der Waals surface area contributed by atoms with Crippen molar-refractivity contribution < 1.29 is 4.79 Å². The van der Waals surface area contributed by atoms with Crippen LogP contribution in [0.15, 0.2) is 24.3 Å². The van der Waals surface area contributed by atoms with Crippen molar-refractivity contribution in [1.82, 2.24) is 4.90 Å². The number of likely N-dealkylation sites (N-methyl/N-ethyl adjacent to an activating group) is 1. The van der Waals surface area contributed by atoms with E-state index in [-0.39, 0.29) is 5.91 Å². The Hall–Kier alpha value is -1.02. The molecule has 0 aromatic heterocycles. The van der Waals surface area contributed by atoms with Crippen molar-refractivity contribution in [3.63, 3.8) is 0 Å². The van der Waals surface area contributed by atoms with Crippen molar-refractivity contribution in [1.29, 1.82) is 0 Å². The van der Waals surface area contributed by atoms with E-state index in [2.05, 4.69) is 0 Å². The van der Waals surface area contributed by atoms with Crippen molar-refractivity contribution in [2.24, 2.45) is 0 Å². The van der Waals surface area contributed by atoms with Gasteiger partial charge in [0.15, 0.2) is 0 Å². The predicted molar refractivity (Wildman–Crippen MR) is 58.5 cm³/mol. The Bertz CT molecular complexity index is 308. The molecule has 0 aliphatic rings. The highest BCUT2D eigenvalue weighted by Crippen LogP contribution is 2.10. The minimum absolute atomic E-state index is 0.0963. The summed E-state index contributed by atoms with van der Waals surface area (Å²) in [7, 11) is 1.80. The molecule has 3 heteroatoms. The molecular weight excluding hydrogens is 198 g/mol. The first-order valence-corrected chi connectivity index (χ1v) is 4.93. The van der Waals surface area contributed by atoms with Crippen molar-refractivity contribution >= 4 is 17.5 Å². The lowest BCUT2D eigenvalue weighted by Crippen LogP contribution is -2.26. The van der Waals surface area contributed by atoms with Gasteiger partial charge in [-0.2, -0.15) is 0 Å². The Morgan fingerprint density at radius 1 is 1.36 bits per heavy atom. The molecule has 0 saturated heterocycles. The Morgan fingerprint density at radius 2 is 1.93 bits per heavy atom. The fourth-order valence-electron chi connectivity index (χ4n) is 1.11. The Balaban J connectivity index is 2.46. The molecule has 1 rings (SSSR count). The van der Waals surface area contributed by atoms with Gasteiger partial charge in [-0.15, -0.1) is 0 Å². The molecule has 2 nitrogen and oxygen atoms in total. The van der Waals surface area contributed by atoms with Gasteiger partial charge < -0.3 is 4.90 Å². The van der Waals surface area contributed by atoms with Gasteiger partial charge in [0.1, 0.15) is 0 Å². The zero-order valence-corrected chi connectivity index (χ0v) is 9.21. The van der Waals surface area contributed by atoms with Crippen LogP contribution in [0.4, 0.5) is 0 Å². The van der Waals surface area contributed by atoms with Gasteiger partial charge in [-0.05, 0) is 24.1 Å². The maximum absolute atomic E-state index is 10.9. The standard InChI is InChI=1S/C11H14ClNO/c1-9(14)13(2)8-7-10-3-5-11(12)6-4-10/h3-6H,7-8H2,1-2H3. The zero-order chi connectivity index (χ0) is 10.6. The molecule has 76 valence electrons. The number of carbonyl (C=O) groups excluding carboxylic acids is 1. The summed E-state index contributed by atoms with van der Waals surface area (Å²) in [4.78, 5) is 12.6. The molecule has 0 aliphatic heterocycles. The van der Waals surface area contributed by atoms with E-state index in [1.807, 2.05) is 24.3 Å². The van der Waals surface area contributed by atoms with E-state index in [4.69, 9.17) is 11.6 Å². The largest absolute Gasteiger partial charge is 0.346 e. The Labute approximate surface area is 89.5 Å². The molecule has 0 heterocycles. The van der Waals surface area contributed by atoms with Crippen LogP contribution in [0.1, 0.15) is 12.5 Å². The van der Waals surface area contributed by atoms with Crippen molar-refractivity contribution in [2.75, 3.05) is 13.6 Å². The molecule has 0 N–H and O–H groups in total. The van der Waals surface area contributed by atoms with E-state index in [1.165, 1.54) is 5.56 Å². The summed E-state index contributed by atoms with van der Waals surface area (Å²) in [5.41, 5.74) is 1.20. The molecule has 0 bridgehead atoms. The van der Waals surface area contributed by atoms with Crippen LogP contribution in [-0.2, 0) is 11.2 Å². The third-order valence-corrected chi connectivity index (χ3v) is 2.44. The summed E-state index contributed by atoms with van der Waals surface area (Å²) in [6.07, 6.45) is 0.868.